The molecule has 0 radical (unpaired) electrons. The number of carbonyl (C=O) groups excluding carboxylic acids is 4. The van der Waals surface area contributed by atoms with Gasteiger partial charge >= 0.3 is 0 Å². The molecule has 17 N–H and O–H groups in total. The quantitative estimate of drug-likeness (QED) is 0.0278. The molecule has 0 spiro atoms. The molecule has 0 aromatic carbocycles. The lowest BCUT2D eigenvalue weighted by Gasteiger charge is -2.24. The lowest BCUT2D eigenvalue weighted by atomic mass is 10.1. The number of nitrogens with zero attached hydrogens (tertiary/aromatic N) is 3. The lowest BCUT2D eigenvalue weighted by Crippen LogP contribution is -2.55. The van der Waals surface area contributed by atoms with Gasteiger partial charge in [-0.25, -0.2) is 0 Å². The predicted octanol–water partition coefficient (Wildman–Crippen LogP) is -4.46. The molecule has 3 atom stereocenters. The molecule has 0 saturated heterocycles. The minimum Gasteiger partial charge on any atom is -0.370 e. The second-order valence-electron chi connectivity index (χ2n) is 8.68. The first-order valence-corrected chi connectivity index (χ1v) is 12.7. The summed E-state index contributed by atoms with van der Waals surface area (Å²) in [5.74, 6) is -1.84. The second-order valence-corrected chi connectivity index (χ2v) is 8.68. The number of guanidine groups is 3. The van der Waals surface area contributed by atoms with Gasteiger partial charge < -0.3 is 60.9 Å². The topological polar surface area (TPSA) is 324 Å². The Bertz CT molecular complexity index is 851. The highest BCUT2D eigenvalue weighted by atomic mass is 16.2. The first-order chi connectivity index (χ1) is 18.5. The summed E-state index contributed by atoms with van der Waals surface area (Å²) in [6.07, 6.45) is 3.39. The smallest absolute Gasteiger partial charge is 0.243 e. The van der Waals surface area contributed by atoms with Gasteiger partial charge in [0, 0.05) is 32.6 Å². The average Bonchev–Trinajstić information content (AvgIpc) is 2.87. The van der Waals surface area contributed by atoms with Crippen LogP contribution >= 0.6 is 0 Å². The van der Waals surface area contributed by atoms with Crippen molar-refractivity contribution in [1.82, 2.24) is 16.0 Å². The van der Waals surface area contributed by atoms with Crippen molar-refractivity contribution in [3.8, 4) is 0 Å². The standard InChI is InChI=1S/C22H45N13O4/c23-14(6-3-10-31-20(24)25)17(37)34-16(8-5-12-33-22(28)29)19(39)35-15(7-4-11-32-21(26)27)18(38)30-9-1-2-13-36/h13-16H,1-12,23H2,(H,30,38)(H,34,37)(H,35,39)(H4,24,25,31)(H4,26,27,32)(H4,28,29,33)/t14-,15-,16-/m1/s1. The van der Waals surface area contributed by atoms with Crippen LogP contribution in [-0.4, -0.2) is 86.2 Å². The van der Waals surface area contributed by atoms with Crippen LogP contribution in [0.1, 0.15) is 51.4 Å². The summed E-state index contributed by atoms with van der Waals surface area (Å²) >= 11 is 0. The number of nitrogens with two attached hydrogens (primary N) is 7. The summed E-state index contributed by atoms with van der Waals surface area (Å²) in [5.41, 5.74) is 37.9. The first-order valence-electron chi connectivity index (χ1n) is 12.7. The molecular formula is C22H45N13O4. The molecule has 0 unspecified atom stereocenters. The fourth-order valence-corrected chi connectivity index (χ4v) is 3.27. The van der Waals surface area contributed by atoms with Crippen LogP contribution in [-0.2, 0) is 19.2 Å². The van der Waals surface area contributed by atoms with Crippen molar-refractivity contribution in [2.45, 2.75) is 69.5 Å². The molecule has 0 aliphatic heterocycles. The van der Waals surface area contributed by atoms with E-state index in [-0.39, 0.29) is 63.2 Å². The van der Waals surface area contributed by atoms with Gasteiger partial charge in [-0.05, 0) is 44.9 Å². The molecule has 0 bridgehead atoms. The maximum atomic E-state index is 13.2. The first kappa shape index (κ1) is 34.9. The molecule has 3 amide bonds. The van der Waals surface area contributed by atoms with Gasteiger partial charge in [0.05, 0.1) is 6.04 Å². The molecule has 0 aliphatic rings. The minimum absolute atomic E-state index is 0.0637. The van der Waals surface area contributed by atoms with Crippen LogP contribution < -0.4 is 56.1 Å². The molecule has 0 aromatic heterocycles. The van der Waals surface area contributed by atoms with Crippen LogP contribution in [0.3, 0.4) is 0 Å². The summed E-state index contributed by atoms with van der Waals surface area (Å²) in [6.45, 7) is 1.03. The molecule has 0 aliphatic carbocycles. The Morgan fingerprint density at radius 2 is 1.08 bits per heavy atom. The number of unbranched alkanes of at least 4 members (excludes halogenated alkanes) is 1. The van der Waals surface area contributed by atoms with E-state index in [4.69, 9.17) is 40.1 Å². The maximum absolute atomic E-state index is 13.2. The SMILES string of the molecule is NC(N)=NCCC[C@@H](N)C(=O)N[C@H](CCCN=C(N)N)C(=O)N[C@H](CCCN=C(N)N)C(=O)NCCCC=O. The molecule has 0 saturated carbocycles. The number of carbonyl (C=O) groups is 4. The van der Waals surface area contributed by atoms with E-state index in [1.165, 1.54) is 0 Å². The third-order valence-electron chi connectivity index (χ3n) is 5.26. The van der Waals surface area contributed by atoms with Crippen LogP contribution in [0.4, 0.5) is 0 Å². The molecule has 17 heteroatoms. The average molecular weight is 556 g/mol. The number of aldehydes is 1. The summed E-state index contributed by atoms with van der Waals surface area (Å²) in [6, 6.07) is -2.87. The van der Waals surface area contributed by atoms with Crippen molar-refractivity contribution in [2.24, 2.45) is 55.1 Å². The third-order valence-corrected chi connectivity index (χ3v) is 5.26. The Morgan fingerprint density at radius 3 is 1.54 bits per heavy atom. The number of aliphatic imine (C=N–C) groups is 3. The van der Waals surface area contributed by atoms with Crippen molar-refractivity contribution >= 4 is 41.9 Å². The third kappa shape index (κ3) is 18.7. The Morgan fingerprint density at radius 1 is 0.641 bits per heavy atom. The van der Waals surface area contributed by atoms with Crippen molar-refractivity contribution in [3.05, 3.63) is 0 Å². The highest BCUT2D eigenvalue weighted by molar-refractivity contribution is 5.93. The zero-order chi connectivity index (χ0) is 29.6. The highest BCUT2D eigenvalue weighted by Crippen LogP contribution is 2.05. The number of hydrogen-bond donors (Lipinski definition) is 10. The summed E-state index contributed by atoms with van der Waals surface area (Å²) in [7, 11) is 0. The number of nitrogens with one attached hydrogen (secondary N) is 3. The van der Waals surface area contributed by atoms with Crippen LogP contribution in [0.2, 0.25) is 0 Å². The normalized spacial score (nSPS) is 12.6. The summed E-state index contributed by atoms with van der Waals surface area (Å²) < 4.78 is 0. The fraction of sp³-hybridized carbons (Fsp3) is 0.682. The van der Waals surface area contributed by atoms with Crippen molar-refractivity contribution in [2.75, 3.05) is 26.2 Å². The zero-order valence-corrected chi connectivity index (χ0v) is 22.3. The van der Waals surface area contributed by atoms with Crippen LogP contribution in [0.25, 0.3) is 0 Å². The van der Waals surface area contributed by atoms with Gasteiger partial charge in [-0.3, -0.25) is 29.4 Å². The molecular weight excluding hydrogens is 510 g/mol. The van der Waals surface area contributed by atoms with Crippen LogP contribution in [0.5, 0.6) is 0 Å². The van der Waals surface area contributed by atoms with E-state index in [0.29, 0.717) is 32.2 Å². The van der Waals surface area contributed by atoms with E-state index >= 15 is 0 Å². The predicted molar refractivity (Wildman–Crippen MR) is 150 cm³/mol. The Balaban J connectivity index is 5.41. The van der Waals surface area contributed by atoms with Gasteiger partial charge in [0.2, 0.25) is 17.7 Å². The van der Waals surface area contributed by atoms with E-state index in [2.05, 4.69) is 30.9 Å². The number of amides is 3. The van der Waals surface area contributed by atoms with Gasteiger partial charge in [0.25, 0.3) is 0 Å². The van der Waals surface area contributed by atoms with E-state index in [1.807, 2.05) is 0 Å². The van der Waals surface area contributed by atoms with E-state index in [1.54, 1.807) is 0 Å². The molecule has 17 nitrogen and oxygen atoms in total. The summed E-state index contributed by atoms with van der Waals surface area (Å²) in [5, 5.41) is 8.02. The maximum Gasteiger partial charge on any atom is 0.243 e. The zero-order valence-electron chi connectivity index (χ0n) is 22.3. The van der Waals surface area contributed by atoms with Gasteiger partial charge in [-0.2, -0.15) is 0 Å². The van der Waals surface area contributed by atoms with Crippen LogP contribution in [0, 0.1) is 0 Å². The monoisotopic (exact) mass is 555 g/mol. The number of rotatable bonds is 21. The molecule has 39 heavy (non-hydrogen) atoms. The molecule has 0 fully saturated rings. The van der Waals surface area contributed by atoms with Gasteiger partial charge in [0.15, 0.2) is 17.9 Å². The second kappa shape index (κ2) is 20.9. The largest absolute Gasteiger partial charge is 0.370 e. The lowest BCUT2D eigenvalue weighted by molar-refractivity contribution is -0.132. The number of hydrogen-bond acceptors (Lipinski definition) is 8. The molecule has 222 valence electrons. The van der Waals surface area contributed by atoms with Crippen LogP contribution in [0.15, 0.2) is 15.0 Å². The van der Waals surface area contributed by atoms with Crippen molar-refractivity contribution < 1.29 is 19.2 Å². The fourth-order valence-electron chi connectivity index (χ4n) is 3.27. The van der Waals surface area contributed by atoms with Gasteiger partial charge in [0.1, 0.15) is 18.4 Å². The Labute approximate surface area is 228 Å². The Hall–Kier alpha value is -4.15. The van der Waals surface area contributed by atoms with Crippen molar-refractivity contribution in [1.29, 1.82) is 0 Å². The van der Waals surface area contributed by atoms with Crippen molar-refractivity contribution in [3.63, 3.8) is 0 Å². The van der Waals surface area contributed by atoms with Gasteiger partial charge in [-0.1, -0.05) is 0 Å². The van der Waals surface area contributed by atoms with E-state index in [9.17, 15) is 19.2 Å². The van der Waals surface area contributed by atoms with E-state index in [0.717, 1.165) is 6.29 Å². The highest BCUT2D eigenvalue weighted by Gasteiger charge is 2.27. The van der Waals surface area contributed by atoms with E-state index < -0.39 is 35.8 Å². The molecule has 0 aromatic rings. The Kier molecular flexibility index (Phi) is 18.6. The molecule has 0 heterocycles. The van der Waals surface area contributed by atoms with Gasteiger partial charge in [-0.15, -0.1) is 0 Å². The minimum atomic E-state index is -1.02. The summed E-state index contributed by atoms with van der Waals surface area (Å²) in [4.78, 5) is 60.8. The molecule has 0 rings (SSSR count).